The highest BCUT2D eigenvalue weighted by Crippen LogP contribution is 2.09. The van der Waals surface area contributed by atoms with Crippen molar-refractivity contribution in [2.24, 2.45) is 5.73 Å². The van der Waals surface area contributed by atoms with Crippen molar-refractivity contribution in [2.45, 2.75) is 6.92 Å². The molecule has 16 heavy (non-hydrogen) atoms. The topological polar surface area (TPSA) is 69.4 Å². The van der Waals surface area contributed by atoms with Gasteiger partial charge in [0.15, 0.2) is 0 Å². The van der Waals surface area contributed by atoms with Gasteiger partial charge in [-0.05, 0) is 24.6 Å². The van der Waals surface area contributed by atoms with Crippen LogP contribution in [0.3, 0.4) is 0 Å². The summed E-state index contributed by atoms with van der Waals surface area (Å²) in [6.45, 7) is 2.05. The molecule has 4 nitrogen and oxygen atoms in total. The molecule has 0 aromatic heterocycles. The van der Waals surface area contributed by atoms with E-state index in [-0.39, 0.29) is 0 Å². The van der Waals surface area contributed by atoms with Crippen LogP contribution in [0, 0.1) is 0 Å². The molecule has 0 aliphatic heterocycles. The molecule has 84 valence electrons. The zero-order chi connectivity index (χ0) is 12.0. The number of ether oxygens (including phenoxy) is 1. The predicted molar refractivity (Wildman–Crippen MR) is 60.6 cm³/mol. The minimum atomic E-state index is -0.524. The lowest BCUT2D eigenvalue weighted by atomic mass is 10.1. The number of primary amides is 1. The average molecular weight is 219 g/mol. The Kier molecular flexibility index (Phi) is 4.27. The smallest absolute Gasteiger partial charge is 0.330 e. The summed E-state index contributed by atoms with van der Waals surface area (Å²) in [5.41, 5.74) is 6.17. The zero-order valence-electron chi connectivity index (χ0n) is 8.97. The van der Waals surface area contributed by atoms with Crippen molar-refractivity contribution in [3.05, 3.63) is 41.5 Å². The summed E-state index contributed by atoms with van der Waals surface area (Å²) in [5.74, 6) is -0.967. The van der Waals surface area contributed by atoms with Crippen LogP contribution < -0.4 is 5.73 Å². The summed E-state index contributed by atoms with van der Waals surface area (Å²) in [7, 11) is 0. The van der Waals surface area contributed by atoms with Crippen LogP contribution in [0.15, 0.2) is 30.3 Å². The zero-order valence-corrected chi connectivity index (χ0v) is 8.97. The van der Waals surface area contributed by atoms with Gasteiger partial charge in [-0.3, -0.25) is 4.79 Å². The summed E-state index contributed by atoms with van der Waals surface area (Å²) >= 11 is 0. The van der Waals surface area contributed by atoms with E-state index in [4.69, 9.17) is 10.5 Å². The Bertz CT molecular complexity index is 424. The third-order valence-corrected chi connectivity index (χ3v) is 1.91. The Morgan fingerprint density at radius 2 is 2.06 bits per heavy atom. The monoisotopic (exact) mass is 219 g/mol. The maximum Gasteiger partial charge on any atom is 0.330 e. The van der Waals surface area contributed by atoms with Gasteiger partial charge in [0.25, 0.3) is 0 Å². The molecule has 2 N–H and O–H groups in total. The molecular weight excluding hydrogens is 206 g/mol. The molecule has 0 aliphatic rings. The minimum absolute atomic E-state index is 0.320. The molecule has 0 bridgehead atoms. The van der Waals surface area contributed by atoms with Crippen LogP contribution in [0.4, 0.5) is 0 Å². The molecule has 1 aromatic carbocycles. The summed E-state index contributed by atoms with van der Waals surface area (Å²) < 4.78 is 4.72. The number of hydrogen-bond donors (Lipinski definition) is 1. The van der Waals surface area contributed by atoms with E-state index >= 15 is 0 Å². The molecule has 0 saturated heterocycles. The van der Waals surface area contributed by atoms with Gasteiger partial charge < -0.3 is 10.5 Å². The van der Waals surface area contributed by atoms with E-state index in [1.54, 1.807) is 31.2 Å². The van der Waals surface area contributed by atoms with E-state index in [1.807, 2.05) is 0 Å². The highest BCUT2D eigenvalue weighted by Gasteiger charge is 2.04. The normalized spacial score (nSPS) is 10.3. The number of benzene rings is 1. The van der Waals surface area contributed by atoms with Crippen molar-refractivity contribution < 1.29 is 14.3 Å². The molecule has 1 aromatic rings. The van der Waals surface area contributed by atoms with Gasteiger partial charge in [0, 0.05) is 11.6 Å². The van der Waals surface area contributed by atoms with E-state index < -0.39 is 11.9 Å². The standard InChI is InChI=1S/C12H13NO3/c1-2-16-11(14)8-7-9-5-3-4-6-10(9)12(13)15/h3-8H,2H2,1H3,(H2,13,15)/b8-7+. The fraction of sp³-hybridized carbons (Fsp3) is 0.167. The Balaban J connectivity index is 2.88. The van der Waals surface area contributed by atoms with Crippen molar-refractivity contribution >= 4 is 18.0 Å². The first-order valence-corrected chi connectivity index (χ1v) is 4.88. The number of carbonyl (C=O) groups excluding carboxylic acids is 2. The van der Waals surface area contributed by atoms with Crippen LogP contribution in [-0.2, 0) is 9.53 Å². The van der Waals surface area contributed by atoms with Gasteiger partial charge in [0.05, 0.1) is 6.61 Å². The second kappa shape index (κ2) is 5.70. The first-order valence-electron chi connectivity index (χ1n) is 4.88. The van der Waals surface area contributed by atoms with Crippen LogP contribution >= 0.6 is 0 Å². The van der Waals surface area contributed by atoms with E-state index in [0.717, 1.165) is 0 Å². The maximum atomic E-state index is 11.1. The summed E-state index contributed by atoms with van der Waals surface area (Å²) in [6.07, 6.45) is 2.78. The lowest BCUT2D eigenvalue weighted by Gasteiger charge is -2.00. The Hall–Kier alpha value is -2.10. The van der Waals surface area contributed by atoms with Gasteiger partial charge in [-0.25, -0.2) is 4.79 Å². The van der Waals surface area contributed by atoms with Crippen molar-refractivity contribution in [3.63, 3.8) is 0 Å². The molecule has 1 amide bonds. The SMILES string of the molecule is CCOC(=O)/C=C/c1ccccc1C(N)=O. The van der Waals surface area contributed by atoms with Crippen LogP contribution in [0.2, 0.25) is 0 Å². The van der Waals surface area contributed by atoms with Gasteiger partial charge in [-0.2, -0.15) is 0 Å². The first kappa shape index (κ1) is 12.0. The number of rotatable bonds is 4. The molecular formula is C12H13NO3. The molecule has 0 unspecified atom stereocenters. The van der Waals surface area contributed by atoms with Crippen molar-refractivity contribution in [1.29, 1.82) is 0 Å². The van der Waals surface area contributed by atoms with E-state index in [0.29, 0.717) is 17.7 Å². The van der Waals surface area contributed by atoms with Crippen LogP contribution in [0.5, 0.6) is 0 Å². The Morgan fingerprint density at radius 1 is 1.38 bits per heavy atom. The number of nitrogens with two attached hydrogens (primary N) is 1. The number of hydrogen-bond acceptors (Lipinski definition) is 3. The summed E-state index contributed by atoms with van der Waals surface area (Å²) in [6, 6.07) is 6.78. The Morgan fingerprint density at radius 3 is 2.69 bits per heavy atom. The molecule has 0 spiro atoms. The quantitative estimate of drug-likeness (QED) is 0.614. The highest BCUT2D eigenvalue weighted by molar-refractivity contribution is 5.98. The van der Waals surface area contributed by atoms with Crippen LogP contribution in [0.1, 0.15) is 22.8 Å². The molecule has 0 radical (unpaired) electrons. The van der Waals surface area contributed by atoms with Crippen LogP contribution in [0.25, 0.3) is 6.08 Å². The third kappa shape index (κ3) is 3.24. The molecule has 4 heteroatoms. The average Bonchev–Trinajstić information content (AvgIpc) is 2.27. The molecule has 1 rings (SSSR count). The summed E-state index contributed by atoms with van der Waals surface area (Å²) in [4.78, 5) is 22.1. The lowest BCUT2D eigenvalue weighted by Crippen LogP contribution is -2.12. The molecule has 0 atom stereocenters. The van der Waals surface area contributed by atoms with Crippen molar-refractivity contribution in [3.8, 4) is 0 Å². The molecule has 0 aliphatic carbocycles. The van der Waals surface area contributed by atoms with Gasteiger partial charge >= 0.3 is 5.97 Å². The lowest BCUT2D eigenvalue weighted by molar-refractivity contribution is -0.137. The second-order valence-electron chi connectivity index (χ2n) is 3.04. The highest BCUT2D eigenvalue weighted by atomic mass is 16.5. The third-order valence-electron chi connectivity index (χ3n) is 1.91. The van der Waals surface area contributed by atoms with Crippen molar-refractivity contribution in [1.82, 2.24) is 0 Å². The van der Waals surface area contributed by atoms with Crippen molar-refractivity contribution in [2.75, 3.05) is 6.61 Å². The molecule has 0 heterocycles. The number of carbonyl (C=O) groups is 2. The minimum Gasteiger partial charge on any atom is -0.463 e. The van der Waals surface area contributed by atoms with Gasteiger partial charge in [0.2, 0.25) is 5.91 Å². The Labute approximate surface area is 93.7 Å². The fourth-order valence-corrected chi connectivity index (χ4v) is 1.21. The van der Waals surface area contributed by atoms with Gasteiger partial charge in [-0.1, -0.05) is 18.2 Å². The van der Waals surface area contributed by atoms with E-state index in [2.05, 4.69) is 0 Å². The molecule has 0 fully saturated rings. The maximum absolute atomic E-state index is 11.1. The van der Waals surface area contributed by atoms with E-state index in [1.165, 1.54) is 12.2 Å². The number of amides is 1. The first-order chi connectivity index (χ1) is 7.65. The van der Waals surface area contributed by atoms with Crippen LogP contribution in [-0.4, -0.2) is 18.5 Å². The predicted octanol–water partition coefficient (Wildman–Crippen LogP) is 1.36. The second-order valence-corrected chi connectivity index (χ2v) is 3.04. The molecule has 0 saturated carbocycles. The number of esters is 1. The summed E-state index contributed by atoms with van der Waals surface area (Å²) in [5, 5.41) is 0. The van der Waals surface area contributed by atoms with E-state index in [9.17, 15) is 9.59 Å². The fourth-order valence-electron chi connectivity index (χ4n) is 1.21. The van der Waals surface area contributed by atoms with Gasteiger partial charge in [0.1, 0.15) is 0 Å². The van der Waals surface area contributed by atoms with Gasteiger partial charge in [-0.15, -0.1) is 0 Å². The largest absolute Gasteiger partial charge is 0.463 e.